The van der Waals surface area contributed by atoms with Crippen molar-refractivity contribution in [2.75, 3.05) is 0 Å². The van der Waals surface area contributed by atoms with Gasteiger partial charge in [-0.2, -0.15) is 0 Å². The Balaban J connectivity index is 1.27. The first kappa shape index (κ1) is 29.3. The molecule has 0 spiro atoms. The molecule has 1 aliphatic carbocycles. The Hall–Kier alpha value is -6.58. The van der Waals surface area contributed by atoms with E-state index in [2.05, 4.69) is 180 Å². The van der Waals surface area contributed by atoms with Crippen molar-refractivity contribution in [1.29, 1.82) is 0 Å². The number of rotatable bonds is 5. The van der Waals surface area contributed by atoms with Crippen LogP contribution in [0.2, 0.25) is 0 Å². The van der Waals surface area contributed by atoms with Gasteiger partial charge in [-0.3, -0.25) is 4.98 Å². The second kappa shape index (κ2) is 11.5. The van der Waals surface area contributed by atoms with Crippen molar-refractivity contribution >= 4 is 21.9 Å². The molecular weight excluding hydrogens is 619 g/mol. The van der Waals surface area contributed by atoms with E-state index < -0.39 is 5.41 Å². The van der Waals surface area contributed by atoms with E-state index >= 15 is 0 Å². The molecule has 240 valence electrons. The minimum absolute atomic E-state index is 0.545. The number of imidazole rings is 1. The highest BCUT2D eigenvalue weighted by Gasteiger charge is 2.48. The van der Waals surface area contributed by atoms with Crippen molar-refractivity contribution in [3.05, 3.63) is 204 Å². The maximum absolute atomic E-state index is 4.98. The van der Waals surface area contributed by atoms with Crippen molar-refractivity contribution in [2.45, 2.75) is 5.41 Å². The van der Waals surface area contributed by atoms with Gasteiger partial charge in [0, 0.05) is 24.2 Å². The molecule has 0 amide bonds. The standard InChI is InChI=1S/C48H33N3/c1-51-44-21-11-10-20-43(44)50-47(51)33-24-22-32(23-25-33)38-27-28-39(34-26-29-42-35(31-34)13-12-30-49-42)46-45(38)40-18-8-9-19-41(40)48(46,36-14-4-2-5-15-36)37-16-6-3-7-17-37/h2-31H,1H3. The zero-order chi connectivity index (χ0) is 33.9. The fraction of sp³-hybridized carbons (Fsp3) is 0.0417. The third-order valence-electron chi connectivity index (χ3n) is 10.7. The molecule has 0 unspecified atom stereocenters. The molecule has 10 rings (SSSR count). The van der Waals surface area contributed by atoms with E-state index in [0.717, 1.165) is 33.3 Å². The van der Waals surface area contributed by atoms with Gasteiger partial charge < -0.3 is 4.57 Å². The van der Waals surface area contributed by atoms with Gasteiger partial charge in [-0.05, 0) is 86.0 Å². The molecule has 1 aliphatic rings. The highest BCUT2D eigenvalue weighted by atomic mass is 15.1. The topological polar surface area (TPSA) is 30.7 Å². The third kappa shape index (κ3) is 4.38. The first-order chi connectivity index (χ1) is 25.2. The molecular formula is C48H33N3. The van der Waals surface area contributed by atoms with Crippen LogP contribution < -0.4 is 0 Å². The smallest absolute Gasteiger partial charge is 0.140 e. The van der Waals surface area contributed by atoms with E-state index in [1.54, 1.807) is 0 Å². The van der Waals surface area contributed by atoms with E-state index in [-0.39, 0.29) is 0 Å². The molecule has 0 fully saturated rings. The van der Waals surface area contributed by atoms with Gasteiger partial charge in [0.25, 0.3) is 0 Å². The minimum atomic E-state index is -0.545. The predicted molar refractivity (Wildman–Crippen MR) is 210 cm³/mol. The second-order valence-electron chi connectivity index (χ2n) is 13.4. The van der Waals surface area contributed by atoms with Crippen LogP contribution in [0.4, 0.5) is 0 Å². The Morgan fingerprint density at radius 1 is 0.490 bits per heavy atom. The molecule has 0 bridgehead atoms. The molecule has 2 heterocycles. The van der Waals surface area contributed by atoms with Crippen LogP contribution in [0.1, 0.15) is 22.3 Å². The largest absolute Gasteiger partial charge is 0.327 e. The van der Waals surface area contributed by atoms with Crippen LogP contribution in [0.5, 0.6) is 0 Å². The lowest BCUT2D eigenvalue weighted by atomic mass is 9.66. The number of fused-ring (bicyclic) bond motifs is 5. The normalized spacial score (nSPS) is 13.0. The van der Waals surface area contributed by atoms with Gasteiger partial charge in [0.2, 0.25) is 0 Å². The highest BCUT2D eigenvalue weighted by Crippen LogP contribution is 2.60. The molecule has 0 radical (unpaired) electrons. The monoisotopic (exact) mass is 651 g/mol. The summed E-state index contributed by atoms with van der Waals surface area (Å²) in [4.78, 5) is 9.62. The van der Waals surface area contributed by atoms with Crippen LogP contribution in [-0.4, -0.2) is 14.5 Å². The SMILES string of the molecule is Cn1c(-c2ccc(-c3ccc(-c4ccc5ncccc5c4)c4c3-c3ccccc3C4(c3ccccc3)c3ccccc3)cc2)nc2ccccc21. The van der Waals surface area contributed by atoms with Crippen molar-refractivity contribution in [3.8, 4) is 44.8 Å². The Morgan fingerprint density at radius 2 is 1.14 bits per heavy atom. The van der Waals surface area contributed by atoms with Crippen molar-refractivity contribution in [2.24, 2.45) is 7.05 Å². The van der Waals surface area contributed by atoms with Crippen LogP contribution in [0.3, 0.4) is 0 Å². The Bertz CT molecular complexity index is 2700. The van der Waals surface area contributed by atoms with Crippen LogP contribution in [0.25, 0.3) is 66.7 Å². The Kier molecular flexibility index (Phi) is 6.62. The zero-order valence-corrected chi connectivity index (χ0v) is 28.2. The summed E-state index contributed by atoms with van der Waals surface area (Å²) in [6, 6.07) is 63.9. The van der Waals surface area contributed by atoms with Gasteiger partial charge in [0.05, 0.1) is 22.0 Å². The average Bonchev–Trinajstić information content (AvgIpc) is 3.71. The maximum atomic E-state index is 4.98. The van der Waals surface area contributed by atoms with Gasteiger partial charge >= 0.3 is 0 Å². The quantitative estimate of drug-likeness (QED) is 0.185. The van der Waals surface area contributed by atoms with Gasteiger partial charge in [-0.25, -0.2) is 4.98 Å². The summed E-state index contributed by atoms with van der Waals surface area (Å²) in [5, 5.41) is 1.13. The number of aromatic nitrogens is 3. The summed E-state index contributed by atoms with van der Waals surface area (Å²) in [5.74, 6) is 0.964. The summed E-state index contributed by atoms with van der Waals surface area (Å²) >= 11 is 0. The molecule has 51 heavy (non-hydrogen) atoms. The van der Waals surface area contributed by atoms with E-state index in [9.17, 15) is 0 Å². The first-order valence-corrected chi connectivity index (χ1v) is 17.5. The Labute approximate surface area is 297 Å². The number of nitrogens with zero attached hydrogens (tertiary/aromatic N) is 3. The van der Waals surface area contributed by atoms with Gasteiger partial charge in [-0.15, -0.1) is 0 Å². The molecule has 0 atom stereocenters. The first-order valence-electron chi connectivity index (χ1n) is 17.5. The van der Waals surface area contributed by atoms with Crippen molar-refractivity contribution in [1.82, 2.24) is 14.5 Å². The van der Waals surface area contributed by atoms with Crippen molar-refractivity contribution < 1.29 is 0 Å². The molecule has 0 N–H and O–H groups in total. The number of hydrogen-bond acceptors (Lipinski definition) is 2. The summed E-state index contributed by atoms with van der Waals surface area (Å²) in [6.07, 6.45) is 1.86. The van der Waals surface area contributed by atoms with Crippen LogP contribution >= 0.6 is 0 Å². The molecule has 0 aliphatic heterocycles. The van der Waals surface area contributed by atoms with E-state index in [0.29, 0.717) is 0 Å². The lowest BCUT2D eigenvalue weighted by molar-refractivity contribution is 0.770. The molecule has 3 nitrogen and oxygen atoms in total. The molecule has 7 aromatic carbocycles. The lowest BCUT2D eigenvalue weighted by Crippen LogP contribution is -2.29. The Morgan fingerprint density at radius 3 is 1.90 bits per heavy atom. The fourth-order valence-electron chi connectivity index (χ4n) is 8.50. The van der Waals surface area contributed by atoms with E-state index in [1.165, 1.54) is 55.6 Å². The number of pyridine rings is 1. The summed E-state index contributed by atoms with van der Waals surface area (Å²) < 4.78 is 2.18. The molecule has 0 saturated carbocycles. The predicted octanol–water partition coefficient (Wildman–Crippen LogP) is 11.5. The van der Waals surface area contributed by atoms with Crippen LogP contribution in [0, 0.1) is 0 Å². The lowest BCUT2D eigenvalue weighted by Gasteiger charge is -2.35. The summed E-state index contributed by atoms with van der Waals surface area (Å²) in [7, 11) is 2.09. The van der Waals surface area contributed by atoms with Crippen LogP contribution in [0.15, 0.2) is 182 Å². The summed E-state index contributed by atoms with van der Waals surface area (Å²) in [6.45, 7) is 0. The van der Waals surface area contributed by atoms with Crippen molar-refractivity contribution in [3.63, 3.8) is 0 Å². The number of hydrogen-bond donors (Lipinski definition) is 0. The fourth-order valence-corrected chi connectivity index (χ4v) is 8.50. The van der Waals surface area contributed by atoms with Crippen LogP contribution in [-0.2, 0) is 12.5 Å². The minimum Gasteiger partial charge on any atom is -0.327 e. The van der Waals surface area contributed by atoms with Gasteiger partial charge in [0.1, 0.15) is 5.82 Å². The highest BCUT2D eigenvalue weighted by molar-refractivity contribution is 6.01. The summed E-state index contributed by atoms with van der Waals surface area (Å²) in [5.41, 5.74) is 16.1. The molecule has 2 aromatic heterocycles. The van der Waals surface area contributed by atoms with Gasteiger partial charge in [-0.1, -0.05) is 146 Å². The van der Waals surface area contributed by atoms with E-state index in [4.69, 9.17) is 4.98 Å². The molecule has 9 aromatic rings. The third-order valence-corrected chi connectivity index (χ3v) is 10.7. The zero-order valence-electron chi connectivity index (χ0n) is 28.2. The van der Waals surface area contributed by atoms with Gasteiger partial charge in [0.15, 0.2) is 0 Å². The number of aryl methyl sites for hydroxylation is 1. The van der Waals surface area contributed by atoms with E-state index in [1.807, 2.05) is 18.3 Å². The number of para-hydroxylation sites is 2. The maximum Gasteiger partial charge on any atom is 0.140 e. The average molecular weight is 652 g/mol. The molecule has 3 heteroatoms. The number of benzene rings is 7. The second-order valence-corrected chi connectivity index (χ2v) is 13.4. The molecule has 0 saturated heterocycles.